The SMILES string of the molecule is CN1CCN(c2cnc(C(=O)Nc3cnc4ccc(N5C[C@@H](F)C[C@@H]5c5cc(F)ccc5F)nn34)cn2)CC1=O. The Morgan fingerprint density at radius 3 is 2.65 bits per heavy atom. The molecular formula is C26H24F3N9O2. The van der Waals surface area contributed by atoms with Gasteiger partial charge in [0.25, 0.3) is 5.91 Å². The van der Waals surface area contributed by atoms with Gasteiger partial charge in [-0.1, -0.05) is 0 Å². The van der Waals surface area contributed by atoms with Gasteiger partial charge in [0.05, 0.1) is 37.7 Å². The van der Waals surface area contributed by atoms with E-state index in [9.17, 15) is 22.8 Å². The number of amides is 2. The van der Waals surface area contributed by atoms with E-state index in [-0.39, 0.29) is 42.5 Å². The molecule has 206 valence electrons. The molecule has 2 amide bonds. The van der Waals surface area contributed by atoms with Gasteiger partial charge in [0.15, 0.2) is 11.5 Å². The summed E-state index contributed by atoms with van der Waals surface area (Å²) < 4.78 is 44.3. The number of nitrogens with zero attached hydrogens (tertiary/aromatic N) is 8. The molecule has 0 radical (unpaired) electrons. The lowest BCUT2D eigenvalue weighted by Crippen LogP contribution is -2.48. The molecule has 40 heavy (non-hydrogen) atoms. The average molecular weight is 552 g/mol. The highest BCUT2D eigenvalue weighted by Crippen LogP contribution is 2.38. The summed E-state index contributed by atoms with van der Waals surface area (Å²) in [5.74, 6) is -0.823. The second kappa shape index (κ2) is 10.1. The smallest absolute Gasteiger partial charge is 0.277 e. The molecule has 2 aliphatic heterocycles. The van der Waals surface area contributed by atoms with Gasteiger partial charge in [0.2, 0.25) is 5.91 Å². The Labute approximate surface area is 226 Å². The van der Waals surface area contributed by atoms with E-state index in [0.29, 0.717) is 30.4 Å². The third-order valence-electron chi connectivity index (χ3n) is 7.10. The predicted molar refractivity (Wildman–Crippen MR) is 139 cm³/mol. The number of anilines is 3. The van der Waals surface area contributed by atoms with Gasteiger partial charge in [0.1, 0.15) is 35.1 Å². The third-order valence-corrected chi connectivity index (χ3v) is 7.10. The summed E-state index contributed by atoms with van der Waals surface area (Å²) in [7, 11) is 1.74. The number of piperazine rings is 1. The Balaban J connectivity index is 1.22. The molecule has 2 saturated heterocycles. The largest absolute Gasteiger partial charge is 0.345 e. The number of carbonyl (C=O) groups is 2. The number of benzene rings is 1. The van der Waals surface area contributed by atoms with Crippen LogP contribution in [0.1, 0.15) is 28.5 Å². The predicted octanol–water partition coefficient (Wildman–Crippen LogP) is 2.62. The first kappa shape index (κ1) is 25.5. The van der Waals surface area contributed by atoms with E-state index in [0.717, 1.165) is 18.2 Å². The van der Waals surface area contributed by atoms with Gasteiger partial charge in [-0.25, -0.2) is 28.1 Å². The molecule has 14 heteroatoms. The molecule has 0 aliphatic carbocycles. The molecule has 3 aromatic heterocycles. The van der Waals surface area contributed by atoms with Crippen LogP contribution in [0.3, 0.4) is 0 Å². The summed E-state index contributed by atoms with van der Waals surface area (Å²) in [6, 6.07) is 5.59. The highest BCUT2D eigenvalue weighted by Gasteiger charge is 2.36. The van der Waals surface area contributed by atoms with E-state index in [1.165, 1.54) is 23.1 Å². The van der Waals surface area contributed by atoms with E-state index >= 15 is 0 Å². The zero-order valence-electron chi connectivity index (χ0n) is 21.3. The Kier molecular flexibility index (Phi) is 6.44. The zero-order chi connectivity index (χ0) is 28.0. The minimum atomic E-state index is -1.27. The molecule has 2 fully saturated rings. The number of nitrogens with one attached hydrogen (secondary N) is 1. The topological polar surface area (TPSA) is 112 Å². The molecule has 0 spiro atoms. The van der Waals surface area contributed by atoms with Crippen molar-refractivity contribution in [1.82, 2.24) is 29.5 Å². The number of halogens is 3. The Morgan fingerprint density at radius 1 is 1.02 bits per heavy atom. The van der Waals surface area contributed by atoms with Crippen LogP contribution in [0.4, 0.5) is 30.6 Å². The van der Waals surface area contributed by atoms with Gasteiger partial charge in [-0.15, -0.1) is 5.10 Å². The van der Waals surface area contributed by atoms with E-state index in [1.54, 1.807) is 33.9 Å². The highest BCUT2D eigenvalue weighted by atomic mass is 19.1. The van der Waals surface area contributed by atoms with E-state index in [1.807, 2.05) is 0 Å². The van der Waals surface area contributed by atoms with Gasteiger partial charge in [-0.3, -0.25) is 9.59 Å². The summed E-state index contributed by atoms with van der Waals surface area (Å²) >= 11 is 0. The summed E-state index contributed by atoms with van der Waals surface area (Å²) in [6.45, 7) is 1.29. The standard InChI is InChI=1S/C26H24F3N9O2/c1-35-6-7-36(14-25(35)39)23-11-30-19(10-31-23)26(40)33-24-12-32-21-4-5-22(34-38(21)24)37-13-16(28)9-20(37)17-8-15(27)2-3-18(17)29/h2-5,8,10-12,16,20H,6-7,9,13-14H2,1H3,(H,33,40)/t16-,20+/m0/s1. The normalized spacial score (nSPS) is 19.5. The van der Waals surface area contributed by atoms with Crippen molar-refractivity contribution in [1.29, 1.82) is 0 Å². The number of hydrogen-bond acceptors (Lipinski definition) is 8. The Bertz CT molecular complexity index is 1600. The van der Waals surface area contributed by atoms with E-state index < -0.39 is 29.8 Å². The van der Waals surface area contributed by atoms with Crippen LogP contribution in [0, 0.1) is 11.6 Å². The number of alkyl halides is 1. The lowest BCUT2D eigenvalue weighted by atomic mass is 10.0. The summed E-state index contributed by atoms with van der Waals surface area (Å²) in [5.41, 5.74) is 0.491. The molecule has 1 N–H and O–H groups in total. The Morgan fingerprint density at radius 2 is 1.88 bits per heavy atom. The van der Waals surface area contributed by atoms with E-state index in [4.69, 9.17) is 0 Å². The van der Waals surface area contributed by atoms with Gasteiger partial charge in [-0.2, -0.15) is 4.52 Å². The Hall–Kier alpha value is -4.75. The molecule has 2 atom stereocenters. The van der Waals surface area contributed by atoms with Crippen LogP contribution in [0.25, 0.3) is 5.65 Å². The fourth-order valence-corrected chi connectivity index (χ4v) is 4.94. The quantitative estimate of drug-likeness (QED) is 0.403. The number of hydrogen-bond donors (Lipinski definition) is 1. The van der Waals surface area contributed by atoms with E-state index in [2.05, 4.69) is 25.4 Å². The molecule has 0 bridgehead atoms. The summed E-state index contributed by atoms with van der Waals surface area (Å²) in [5, 5.41) is 7.22. The lowest BCUT2D eigenvalue weighted by Gasteiger charge is -2.32. The number of likely N-dealkylation sites (N-methyl/N-ethyl adjacent to an activating group) is 1. The van der Waals surface area contributed by atoms with Gasteiger partial charge in [0, 0.05) is 32.1 Å². The van der Waals surface area contributed by atoms with Gasteiger partial charge < -0.3 is 20.0 Å². The fraction of sp³-hybridized carbons (Fsp3) is 0.308. The molecule has 0 unspecified atom stereocenters. The van der Waals surface area contributed by atoms with Crippen LogP contribution in [-0.2, 0) is 4.79 Å². The van der Waals surface area contributed by atoms with Crippen molar-refractivity contribution in [2.75, 3.05) is 48.3 Å². The third kappa shape index (κ3) is 4.76. The molecule has 5 heterocycles. The lowest BCUT2D eigenvalue weighted by molar-refractivity contribution is -0.129. The number of aromatic nitrogens is 5. The second-order valence-electron chi connectivity index (χ2n) is 9.72. The maximum absolute atomic E-state index is 14.5. The minimum absolute atomic E-state index is 0.0232. The summed E-state index contributed by atoms with van der Waals surface area (Å²) in [6.07, 6.45) is 2.87. The minimum Gasteiger partial charge on any atom is -0.345 e. The van der Waals surface area contributed by atoms with Crippen molar-refractivity contribution in [2.24, 2.45) is 0 Å². The van der Waals surface area contributed by atoms with Crippen LogP contribution < -0.4 is 15.1 Å². The molecular weight excluding hydrogens is 527 g/mol. The van der Waals surface area contributed by atoms with Crippen molar-refractivity contribution < 1.29 is 22.8 Å². The van der Waals surface area contributed by atoms with Gasteiger partial charge >= 0.3 is 0 Å². The second-order valence-corrected chi connectivity index (χ2v) is 9.72. The first-order valence-corrected chi connectivity index (χ1v) is 12.6. The fourth-order valence-electron chi connectivity index (χ4n) is 4.94. The molecule has 11 nitrogen and oxygen atoms in total. The van der Waals surface area contributed by atoms with Crippen molar-refractivity contribution in [3.8, 4) is 0 Å². The highest BCUT2D eigenvalue weighted by molar-refractivity contribution is 6.02. The maximum atomic E-state index is 14.5. The first-order chi connectivity index (χ1) is 19.3. The maximum Gasteiger partial charge on any atom is 0.277 e. The molecule has 6 rings (SSSR count). The van der Waals surface area contributed by atoms with Crippen molar-refractivity contribution in [3.63, 3.8) is 0 Å². The van der Waals surface area contributed by atoms with Crippen LogP contribution >= 0.6 is 0 Å². The number of imidazole rings is 1. The summed E-state index contributed by atoms with van der Waals surface area (Å²) in [4.78, 5) is 42.7. The van der Waals surface area contributed by atoms with Crippen LogP contribution in [0.15, 0.2) is 48.9 Å². The van der Waals surface area contributed by atoms with Crippen LogP contribution in [0.5, 0.6) is 0 Å². The van der Waals surface area contributed by atoms with Crippen molar-refractivity contribution in [3.05, 3.63) is 71.8 Å². The average Bonchev–Trinajstić information content (AvgIpc) is 3.54. The number of fused-ring (bicyclic) bond motifs is 1. The molecule has 2 aliphatic rings. The first-order valence-electron chi connectivity index (χ1n) is 12.6. The molecule has 4 aromatic rings. The zero-order valence-corrected chi connectivity index (χ0v) is 21.3. The van der Waals surface area contributed by atoms with Gasteiger partial charge in [-0.05, 0) is 30.3 Å². The number of rotatable bonds is 5. The van der Waals surface area contributed by atoms with Crippen LogP contribution in [-0.4, -0.2) is 80.7 Å². The molecule has 0 saturated carbocycles. The monoisotopic (exact) mass is 551 g/mol. The van der Waals surface area contributed by atoms with Crippen molar-refractivity contribution >= 4 is 34.9 Å². The number of carbonyl (C=O) groups excluding carboxylic acids is 2. The van der Waals surface area contributed by atoms with Crippen molar-refractivity contribution in [2.45, 2.75) is 18.6 Å². The molecule has 1 aromatic carbocycles. The van der Waals surface area contributed by atoms with Crippen LogP contribution in [0.2, 0.25) is 0 Å².